The van der Waals surface area contributed by atoms with Crippen LogP contribution in [0.5, 0.6) is 0 Å². The summed E-state index contributed by atoms with van der Waals surface area (Å²) < 4.78 is 2.63. The van der Waals surface area contributed by atoms with E-state index in [4.69, 9.17) is 0 Å². The van der Waals surface area contributed by atoms with Gasteiger partial charge in [-0.3, -0.25) is 0 Å². The molecule has 0 radical (unpaired) electrons. The third-order valence-electron chi connectivity index (χ3n) is 9.64. The number of rotatable bonds is 32. The van der Waals surface area contributed by atoms with Gasteiger partial charge in [0, 0.05) is 0 Å². The summed E-state index contributed by atoms with van der Waals surface area (Å²) in [7, 11) is 0. The molecular formula is C39H77N2+. The fourth-order valence-corrected chi connectivity index (χ4v) is 6.78. The maximum absolute atomic E-state index is 3.72. The Labute approximate surface area is 259 Å². The number of hydrogen-bond acceptors (Lipinski definition) is 0. The molecule has 0 fully saturated rings. The molecule has 2 unspecified atom stereocenters. The number of nitrogens with one attached hydrogen (secondary N) is 1. The van der Waals surface area contributed by atoms with Crippen molar-refractivity contribution in [2.75, 3.05) is 0 Å². The van der Waals surface area contributed by atoms with E-state index in [1.807, 2.05) is 0 Å². The van der Waals surface area contributed by atoms with Crippen molar-refractivity contribution < 1.29 is 4.57 Å². The van der Waals surface area contributed by atoms with Gasteiger partial charge in [0.15, 0.2) is 0 Å². The highest BCUT2D eigenvalue weighted by Gasteiger charge is 2.25. The van der Waals surface area contributed by atoms with Gasteiger partial charge in [-0.15, -0.1) is 0 Å². The zero-order valence-corrected chi connectivity index (χ0v) is 29.0. The van der Waals surface area contributed by atoms with Crippen molar-refractivity contribution in [2.24, 2.45) is 0 Å². The SMILES string of the molecule is CCCCCCCCCCCCCCCCC(C)[n+]1cc[nH]c1C(CCCCCC)CCCCCCCCCCC. The van der Waals surface area contributed by atoms with Gasteiger partial charge in [-0.05, 0) is 32.6 Å². The summed E-state index contributed by atoms with van der Waals surface area (Å²) >= 11 is 0. The van der Waals surface area contributed by atoms with Crippen molar-refractivity contribution in [1.29, 1.82) is 0 Å². The summed E-state index contributed by atoms with van der Waals surface area (Å²) in [5, 5.41) is 0. The van der Waals surface area contributed by atoms with Gasteiger partial charge in [-0.25, -0.2) is 9.55 Å². The van der Waals surface area contributed by atoms with Gasteiger partial charge in [-0.1, -0.05) is 188 Å². The molecule has 1 N–H and O–H groups in total. The van der Waals surface area contributed by atoms with Crippen molar-refractivity contribution in [3.63, 3.8) is 0 Å². The average Bonchev–Trinajstić information content (AvgIpc) is 3.47. The molecule has 1 heterocycles. The highest BCUT2D eigenvalue weighted by molar-refractivity contribution is 4.90. The predicted octanol–water partition coefficient (Wildman–Crippen LogP) is 13.7. The molecule has 0 aliphatic carbocycles. The maximum atomic E-state index is 3.72. The number of aromatic amines is 1. The van der Waals surface area contributed by atoms with E-state index in [1.54, 1.807) is 0 Å². The van der Waals surface area contributed by atoms with Crippen molar-refractivity contribution in [3.05, 3.63) is 18.2 Å². The van der Waals surface area contributed by atoms with Gasteiger partial charge in [0.2, 0.25) is 0 Å². The molecule has 1 rings (SSSR count). The van der Waals surface area contributed by atoms with E-state index in [-0.39, 0.29) is 0 Å². The average molecular weight is 574 g/mol. The number of unbranched alkanes of at least 4 members (excludes halogenated alkanes) is 24. The lowest BCUT2D eigenvalue weighted by Gasteiger charge is -2.17. The molecule has 2 nitrogen and oxygen atoms in total. The van der Waals surface area contributed by atoms with Crippen LogP contribution in [0.4, 0.5) is 0 Å². The number of H-pyrrole nitrogens is 1. The Hall–Kier alpha value is -0.790. The molecule has 1 aromatic rings. The van der Waals surface area contributed by atoms with Crippen LogP contribution in [0.2, 0.25) is 0 Å². The van der Waals surface area contributed by atoms with Crippen LogP contribution in [-0.4, -0.2) is 4.98 Å². The van der Waals surface area contributed by atoms with Gasteiger partial charge in [-0.2, -0.15) is 0 Å². The third kappa shape index (κ3) is 21.5. The molecule has 0 saturated heterocycles. The number of aromatic nitrogens is 2. The molecule has 1 aromatic heterocycles. The Kier molecular flexibility index (Phi) is 27.3. The largest absolute Gasteiger partial charge is 0.257 e. The second kappa shape index (κ2) is 29.3. The van der Waals surface area contributed by atoms with E-state index in [9.17, 15) is 0 Å². The van der Waals surface area contributed by atoms with Crippen LogP contribution in [0, 0.1) is 0 Å². The van der Waals surface area contributed by atoms with Gasteiger partial charge in [0.05, 0.1) is 12.0 Å². The summed E-state index contributed by atoms with van der Waals surface area (Å²) in [6.45, 7) is 9.42. The zero-order valence-electron chi connectivity index (χ0n) is 29.0. The van der Waals surface area contributed by atoms with Gasteiger partial charge in [0.25, 0.3) is 5.82 Å². The molecule has 41 heavy (non-hydrogen) atoms. The van der Waals surface area contributed by atoms with Gasteiger partial charge in [0.1, 0.15) is 12.4 Å². The minimum Gasteiger partial charge on any atom is -0.247 e. The lowest BCUT2D eigenvalue weighted by atomic mass is 9.93. The minimum atomic E-state index is 0.620. The highest BCUT2D eigenvalue weighted by atomic mass is 15.1. The molecule has 0 spiro atoms. The van der Waals surface area contributed by atoms with Gasteiger partial charge >= 0.3 is 0 Å². The van der Waals surface area contributed by atoms with Crippen LogP contribution < -0.4 is 4.57 Å². The second-order valence-corrected chi connectivity index (χ2v) is 13.6. The quantitative estimate of drug-likeness (QED) is 0.0653. The first-order chi connectivity index (χ1) is 20.2. The normalized spacial score (nSPS) is 13.2. The van der Waals surface area contributed by atoms with Crippen molar-refractivity contribution in [2.45, 2.75) is 232 Å². The Morgan fingerprint density at radius 3 is 1.17 bits per heavy atom. The summed E-state index contributed by atoms with van der Waals surface area (Å²) in [6.07, 6.45) is 47.2. The number of nitrogens with zero attached hydrogens (tertiary/aromatic N) is 1. The van der Waals surface area contributed by atoms with E-state index >= 15 is 0 Å². The number of imidazole rings is 1. The van der Waals surface area contributed by atoms with E-state index in [2.05, 4.69) is 49.6 Å². The van der Waals surface area contributed by atoms with Crippen LogP contribution in [0.25, 0.3) is 0 Å². The first-order valence-electron chi connectivity index (χ1n) is 19.3. The number of hydrogen-bond donors (Lipinski definition) is 1. The second-order valence-electron chi connectivity index (χ2n) is 13.6. The predicted molar refractivity (Wildman–Crippen MR) is 184 cm³/mol. The lowest BCUT2D eigenvalue weighted by molar-refractivity contribution is -0.727. The molecule has 0 saturated carbocycles. The molecule has 0 bridgehead atoms. The summed E-state index contributed by atoms with van der Waals surface area (Å²) in [6, 6.07) is 0.620. The maximum Gasteiger partial charge on any atom is 0.257 e. The molecule has 0 aliphatic heterocycles. The smallest absolute Gasteiger partial charge is 0.247 e. The molecule has 2 atom stereocenters. The van der Waals surface area contributed by atoms with E-state index in [0.29, 0.717) is 12.0 Å². The molecule has 242 valence electrons. The van der Waals surface area contributed by atoms with Crippen LogP contribution in [-0.2, 0) is 0 Å². The van der Waals surface area contributed by atoms with Crippen LogP contribution in [0.1, 0.15) is 238 Å². The van der Waals surface area contributed by atoms with Crippen molar-refractivity contribution in [3.8, 4) is 0 Å². The van der Waals surface area contributed by atoms with Crippen LogP contribution in [0.3, 0.4) is 0 Å². The van der Waals surface area contributed by atoms with Crippen LogP contribution >= 0.6 is 0 Å². The Bertz CT molecular complexity index is 635. The Balaban J connectivity index is 2.28. The first-order valence-corrected chi connectivity index (χ1v) is 19.3. The Morgan fingerprint density at radius 1 is 0.463 bits per heavy atom. The zero-order chi connectivity index (χ0) is 29.6. The standard InChI is InChI=1S/C39H76N2/c1-5-8-11-14-16-18-19-20-21-22-24-25-27-29-32-37(4)41-36-35-40-39(41)38(33-30-13-10-7-3)34-31-28-26-23-17-15-12-9-6-2/h35-38H,5-34H2,1-4H3/p+1. The lowest BCUT2D eigenvalue weighted by Crippen LogP contribution is -2.41. The first kappa shape index (κ1) is 38.2. The molecular weight excluding hydrogens is 496 g/mol. The van der Waals surface area contributed by atoms with Crippen molar-refractivity contribution >= 4 is 0 Å². The molecule has 0 aromatic carbocycles. The van der Waals surface area contributed by atoms with Gasteiger partial charge < -0.3 is 0 Å². The van der Waals surface area contributed by atoms with E-state index in [1.165, 1.54) is 198 Å². The fourth-order valence-electron chi connectivity index (χ4n) is 6.78. The minimum absolute atomic E-state index is 0.620. The van der Waals surface area contributed by atoms with E-state index < -0.39 is 0 Å². The third-order valence-corrected chi connectivity index (χ3v) is 9.64. The summed E-state index contributed by atoms with van der Waals surface area (Å²) in [5.41, 5.74) is 0. The summed E-state index contributed by atoms with van der Waals surface area (Å²) in [5.74, 6) is 2.24. The molecule has 2 heteroatoms. The highest BCUT2D eigenvalue weighted by Crippen LogP contribution is 2.27. The topological polar surface area (TPSA) is 19.7 Å². The molecule has 0 aliphatic rings. The van der Waals surface area contributed by atoms with Crippen molar-refractivity contribution in [1.82, 2.24) is 4.98 Å². The van der Waals surface area contributed by atoms with E-state index in [0.717, 1.165) is 0 Å². The Morgan fingerprint density at radius 2 is 0.780 bits per heavy atom. The van der Waals surface area contributed by atoms with Crippen LogP contribution in [0.15, 0.2) is 12.4 Å². The monoisotopic (exact) mass is 574 g/mol. The molecule has 0 amide bonds. The summed E-state index contributed by atoms with van der Waals surface area (Å²) in [4.78, 5) is 3.72. The fraction of sp³-hybridized carbons (Fsp3) is 0.923.